The minimum absolute atomic E-state index is 0.833. The second-order valence-electron chi connectivity index (χ2n) is 2.42. The molecular weight excluding hydrogens is 155 g/mol. The summed E-state index contributed by atoms with van der Waals surface area (Å²) in [5.74, 6) is 5.76. The average Bonchev–Trinajstić information content (AvgIpc) is 2.14. The van der Waals surface area contributed by atoms with Crippen molar-refractivity contribution in [3.63, 3.8) is 0 Å². The van der Waals surface area contributed by atoms with Crippen LogP contribution in [0.25, 0.3) is 0 Å². The molecule has 0 aliphatic rings. The van der Waals surface area contributed by atoms with Crippen molar-refractivity contribution < 1.29 is 14.0 Å². The molecule has 0 rings (SSSR count). The summed E-state index contributed by atoms with van der Waals surface area (Å²) >= 11 is 0. The van der Waals surface area contributed by atoms with E-state index >= 15 is 0 Å². The maximum Gasteiger partial charge on any atom is 0.456 e. The van der Waals surface area contributed by atoms with Crippen LogP contribution >= 0.6 is 0 Å². The highest BCUT2D eigenvalue weighted by Gasteiger charge is 2.21. The summed E-state index contributed by atoms with van der Waals surface area (Å²) in [7, 11) is 4.56. The second kappa shape index (κ2) is 6.07. The Morgan fingerprint density at radius 3 is 1.92 bits per heavy atom. The molecular formula is C8H16BO3-. The monoisotopic (exact) mass is 171 g/mol. The van der Waals surface area contributed by atoms with E-state index in [0.717, 1.165) is 12.8 Å². The summed E-state index contributed by atoms with van der Waals surface area (Å²) in [6.07, 6.45) is 1.86. The van der Waals surface area contributed by atoms with E-state index in [-0.39, 0.29) is 0 Å². The Morgan fingerprint density at radius 1 is 1.08 bits per heavy atom. The number of hydrogen-bond donors (Lipinski definition) is 0. The van der Waals surface area contributed by atoms with Crippen LogP contribution < -0.4 is 0 Å². The van der Waals surface area contributed by atoms with Gasteiger partial charge in [0.15, 0.2) is 0 Å². The smallest absolute Gasteiger partial charge is 0.456 e. The van der Waals surface area contributed by atoms with Gasteiger partial charge in [-0.05, 0) is 27.8 Å². The SMILES string of the molecule is CCCC#C[B-](OC)(OC)OC. The van der Waals surface area contributed by atoms with Crippen LogP contribution in [0.1, 0.15) is 19.8 Å². The summed E-state index contributed by atoms with van der Waals surface area (Å²) in [6.45, 7) is 0.236. The van der Waals surface area contributed by atoms with Crippen molar-refractivity contribution >= 4 is 6.75 Å². The van der Waals surface area contributed by atoms with Gasteiger partial charge in [0, 0.05) is 6.42 Å². The molecule has 0 aliphatic heterocycles. The predicted molar refractivity (Wildman–Crippen MR) is 49.5 cm³/mol. The first-order valence-electron chi connectivity index (χ1n) is 4.03. The Labute approximate surface area is 74.4 Å². The normalized spacial score (nSPS) is 10.7. The third-order valence-electron chi connectivity index (χ3n) is 1.58. The van der Waals surface area contributed by atoms with Crippen molar-refractivity contribution in [2.45, 2.75) is 19.8 Å². The minimum Gasteiger partial charge on any atom is -0.536 e. The van der Waals surface area contributed by atoms with Crippen LogP contribution in [-0.2, 0) is 14.0 Å². The first-order valence-corrected chi connectivity index (χ1v) is 4.03. The van der Waals surface area contributed by atoms with Crippen molar-refractivity contribution in [2.75, 3.05) is 21.3 Å². The fourth-order valence-corrected chi connectivity index (χ4v) is 0.788. The summed E-state index contributed by atoms with van der Waals surface area (Å²) in [5, 5.41) is 0. The molecule has 0 fully saturated rings. The van der Waals surface area contributed by atoms with Crippen LogP contribution in [-0.4, -0.2) is 28.1 Å². The van der Waals surface area contributed by atoms with E-state index in [4.69, 9.17) is 14.0 Å². The highest BCUT2D eigenvalue weighted by Crippen LogP contribution is 2.03. The quantitative estimate of drug-likeness (QED) is 0.470. The third-order valence-corrected chi connectivity index (χ3v) is 1.58. The van der Waals surface area contributed by atoms with Gasteiger partial charge >= 0.3 is 6.75 Å². The van der Waals surface area contributed by atoms with E-state index in [1.165, 1.54) is 21.3 Å². The van der Waals surface area contributed by atoms with Gasteiger partial charge in [0.2, 0.25) is 0 Å². The molecule has 0 spiro atoms. The molecule has 12 heavy (non-hydrogen) atoms. The van der Waals surface area contributed by atoms with E-state index in [2.05, 4.69) is 18.7 Å². The zero-order chi connectivity index (χ0) is 9.45. The highest BCUT2D eigenvalue weighted by atomic mass is 16.7. The number of hydrogen-bond acceptors (Lipinski definition) is 3. The highest BCUT2D eigenvalue weighted by molar-refractivity contribution is 6.69. The average molecular weight is 171 g/mol. The fraction of sp³-hybridized carbons (Fsp3) is 0.750. The molecule has 0 bridgehead atoms. The molecule has 0 radical (unpaired) electrons. The maximum absolute atomic E-state index is 5.03. The van der Waals surface area contributed by atoms with Crippen molar-refractivity contribution in [1.82, 2.24) is 0 Å². The van der Waals surface area contributed by atoms with Gasteiger partial charge in [-0.15, -0.1) is 5.92 Å². The number of rotatable bonds is 4. The van der Waals surface area contributed by atoms with E-state index in [0.29, 0.717) is 0 Å². The topological polar surface area (TPSA) is 27.7 Å². The van der Waals surface area contributed by atoms with Gasteiger partial charge in [-0.1, -0.05) is 6.92 Å². The molecule has 70 valence electrons. The molecule has 0 aromatic heterocycles. The molecule has 0 saturated heterocycles. The van der Waals surface area contributed by atoms with E-state index < -0.39 is 6.75 Å². The van der Waals surface area contributed by atoms with Gasteiger partial charge in [0.1, 0.15) is 0 Å². The van der Waals surface area contributed by atoms with Gasteiger partial charge in [0.05, 0.1) is 0 Å². The minimum atomic E-state index is -1.83. The summed E-state index contributed by atoms with van der Waals surface area (Å²) < 4.78 is 15.1. The zero-order valence-corrected chi connectivity index (χ0v) is 8.22. The van der Waals surface area contributed by atoms with Gasteiger partial charge in [0.25, 0.3) is 0 Å². The van der Waals surface area contributed by atoms with Crippen LogP contribution in [0.15, 0.2) is 0 Å². The lowest BCUT2D eigenvalue weighted by molar-refractivity contribution is 0.141. The molecule has 0 aliphatic carbocycles. The Morgan fingerprint density at radius 2 is 1.58 bits per heavy atom. The van der Waals surface area contributed by atoms with Crippen LogP contribution in [0.5, 0.6) is 0 Å². The molecule has 0 heterocycles. The van der Waals surface area contributed by atoms with E-state index in [1.54, 1.807) is 0 Å². The summed E-state index contributed by atoms with van der Waals surface area (Å²) in [5.41, 5.74) is 0. The predicted octanol–water partition coefficient (Wildman–Crippen LogP) is 1.21. The first-order chi connectivity index (χ1) is 5.74. The molecule has 4 heteroatoms. The lowest BCUT2D eigenvalue weighted by Gasteiger charge is -2.31. The lowest BCUT2D eigenvalue weighted by Crippen LogP contribution is -2.41. The maximum atomic E-state index is 5.03. The van der Waals surface area contributed by atoms with E-state index in [1.807, 2.05) is 0 Å². The molecule has 0 amide bonds. The summed E-state index contributed by atoms with van der Waals surface area (Å²) in [6, 6.07) is 0. The van der Waals surface area contributed by atoms with Crippen molar-refractivity contribution in [3.05, 3.63) is 0 Å². The molecule has 0 unspecified atom stereocenters. The zero-order valence-electron chi connectivity index (χ0n) is 8.22. The van der Waals surface area contributed by atoms with Crippen LogP contribution in [0.2, 0.25) is 0 Å². The molecule has 0 aromatic rings. The van der Waals surface area contributed by atoms with Gasteiger partial charge in [-0.25, -0.2) is 5.82 Å². The molecule has 0 saturated carbocycles. The van der Waals surface area contributed by atoms with Gasteiger partial charge < -0.3 is 14.0 Å². The number of unbranched alkanes of at least 4 members (excludes halogenated alkanes) is 1. The third kappa shape index (κ3) is 3.27. The second-order valence-corrected chi connectivity index (χ2v) is 2.42. The Hall–Kier alpha value is -0.495. The molecule has 0 N–H and O–H groups in total. The van der Waals surface area contributed by atoms with Gasteiger partial charge in [-0.2, -0.15) is 0 Å². The molecule has 3 nitrogen and oxygen atoms in total. The first kappa shape index (κ1) is 11.5. The van der Waals surface area contributed by atoms with Crippen molar-refractivity contribution in [2.24, 2.45) is 0 Å². The molecule has 0 aromatic carbocycles. The van der Waals surface area contributed by atoms with Gasteiger partial charge in [-0.3, -0.25) is 0 Å². The Balaban J connectivity index is 4.22. The Bertz CT molecular complexity index is 159. The lowest BCUT2D eigenvalue weighted by atomic mass is 9.79. The fourth-order valence-electron chi connectivity index (χ4n) is 0.788. The van der Waals surface area contributed by atoms with Crippen LogP contribution in [0.4, 0.5) is 0 Å². The van der Waals surface area contributed by atoms with Crippen LogP contribution in [0.3, 0.4) is 0 Å². The van der Waals surface area contributed by atoms with Crippen molar-refractivity contribution in [3.8, 4) is 11.7 Å². The van der Waals surface area contributed by atoms with E-state index in [9.17, 15) is 0 Å². The Kier molecular flexibility index (Phi) is 5.82. The largest absolute Gasteiger partial charge is 0.536 e. The molecule has 0 atom stereocenters. The van der Waals surface area contributed by atoms with Crippen LogP contribution in [0, 0.1) is 11.7 Å². The standard InChI is InChI=1S/C8H16BO3/c1-5-6-7-8-9(10-2,11-3)12-4/h5-6H2,1-4H3/q-1. The van der Waals surface area contributed by atoms with Crippen molar-refractivity contribution in [1.29, 1.82) is 0 Å². The summed E-state index contributed by atoms with van der Waals surface area (Å²) in [4.78, 5) is 0.